The molecule has 2 rings (SSSR count). The molecular formula is C14H20N4O2. The van der Waals surface area contributed by atoms with Crippen LogP contribution in [-0.4, -0.2) is 30.5 Å². The van der Waals surface area contributed by atoms with Gasteiger partial charge in [0.1, 0.15) is 0 Å². The topological polar surface area (TPSA) is 72.2 Å². The molecule has 0 saturated heterocycles. The molecule has 0 atom stereocenters. The Morgan fingerprint density at radius 3 is 2.70 bits per heavy atom. The molecule has 2 N–H and O–H groups in total. The van der Waals surface area contributed by atoms with Crippen LogP contribution in [0.15, 0.2) is 28.7 Å². The van der Waals surface area contributed by atoms with Gasteiger partial charge in [-0.1, -0.05) is 24.2 Å². The molecule has 2 aromatic rings. The van der Waals surface area contributed by atoms with E-state index in [1.807, 2.05) is 12.1 Å². The van der Waals surface area contributed by atoms with Crippen molar-refractivity contribution >= 4 is 11.7 Å². The number of ether oxygens (including phenoxy) is 1. The first-order chi connectivity index (χ1) is 9.81. The lowest BCUT2D eigenvalue weighted by molar-refractivity contribution is 0.198. The molecule has 0 fully saturated rings. The van der Waals surface area contributed by atoms with Crippen molar-refractivity contribution in [3.05, 3.63) is 35.7 Å². The molecule has 0 saturated carbocycles. The fourth-order valence-electron chi connectivity index (χ4n) is 1.69. The first-order valence-corrected chi connectivity index (χ1v) is 6.70. The Morgan fingerprint density at radius 1 is 1.20 bits per heavy atom. The third-order valence-corrected chi connectivity index (χ3v) is 2.84. The van der Waals surface area contributed by atoms with Crippen LogP contribution in [0.25, 0.3) is 0 Å². The normalized spacial score (nSPS) is 10.7. The highest BCUT2D eigenvalue weighted by Crippen LogP contribution is 2.16. The lowest BCUT2D eigenvalue weighted by atomic mass is 10.1. The molecule has 6 heteroatoms. The summed E-state index contributed by atoms with van der Waals surface area (Å²) in [4.78, 5) is 0. The van der Waals surface area contributed by atoms with E-state index in [9.17, 15) is 0 Å². The first kappa shape index (κ1) is 14.5. The molecule has 0 aliphatic carbocycles. The predicted octanol–water partition coefficient (Wildman–Crippen LogP) is 2.11. The van der Waals surface area contributed by atoms with Gasteiger partial charge in [-0.15, -0.1) is 5.10 Å². The van der Waals surface area contributed by atoms with Gasteiger partial charge in [0.25, 0.3) is 0 Å². The first-order valence-electron chi connectivity index (χ1n) is 6.70. The highest BCUT2D eigenvalue weighted by Gasteiger charge is 2.05. The van der Waals surface area contributed by atoms with Crippen molar-refractivity contribution in [1.29, 1.82) is 0 Å². The van der Waals surface area contributed by atoms with Crippen molar-refractivity contribution in [2.45, 2.75) is 19.9 Å². The highest BCUT2D eigenvalue weighted by molar-refractivity contribution is 5.52. The number of anilines is 2. The van der Waals surface area contributed by atoms with Crippen molar-refractivity contribution in [3.63, 3.8) is 0 Å². The van der Waals surface area contributed by atoms with Gasteiger partial charge >= 0.3 is 6.01 Å². The van der Waals surface area contributed by atoms with Crippen LogP contribution < -0.4 is 10.6 Å². The monoisotopic (exact) mass is 276 g/mol. The molecule has 0 radical (unpaired) electrons. The highest BCUT2D eigenvalue weighted by atomic mass is 16.5. The summed E-state index contributed by atoms with van der Waals surface area (Å²) in [5.41, 5.74) is 2.23. The number of methoxy groups -OCH3 is 1. The fourth-order valence-corrected chi connectivity index (χ4v) is 1.69. The van der Waals surface area contributed by atoms with Crippen molar-refractivity contribution in [2.75, 3.05) is 25.6 Å². The van der Waals surface area contributed by atoms with Gasteiger partial charge in [0.05, 0.1) is 13.2 Å². The van der Waals surface area contributed by atoms with Crippen LogP contribution in [-0.2, 0) is 17.7 Å². The Kier molecular flexibility index (Phi) is 5.52. The van der Waals surface area contributed by atoms with E-state index >= 15 is 0 Å². The molecule has 1 aromatic carbocycles. The number of nitrogens with one attached hydrogen (secondary N) is 2. The lowest BCUT2D eigenvalue weighted by Crippen LogP contribution is -2.18. The number of hydrogen-bond donors (Lipinski definition) is 2. The molecule has 0 bridgehead atoms. The second kappa shape index (κ2) is 7.62. The second-order valence-electron chi connectivity index (χ2n) is 4.35. The predicted molar refractivity (Wildman–Crippen MR) is 77.0 cm³/mol. The zero-order valence-electron chi connectivity index (χ0n) is 11.8. The van der Waals surface area contributed by atoms with Crippen molar-refractivity contribution in [3.8, 4) is 0 Å². The fraction of sp³-hybridized carbons (Fsp3) is 0.429. The van der Waals surface area contributed by atoms with Gasteiger partial charge in [0.15, 0.2) is 0 Å². The molecule has 1 heterocycles. The third kappa shape index (κ3) is 4.32. The molecule has 0 amide bonds. The second-order valence-corrected chi connectivity index (χ2v) is 4.35. The number of hydrogen-bond acceptors (Lipinski definition) is 6. The summed E-state index contributed by atoms with van der Waals surface area (Å²) >= 11 is 0. The maximum atomic E-state index is 5.49. The number of aromatic nitrogens is 2. The molecule has 0 aliphatic rings. The largest absolute Gasteiger partial charge is 0.406 e. The van der Waals surface area contributed by atoms with E-state index in [0.717, 1.165) is 18.7 Å². The minimum absolute atomic E-state index is 0.401. The average molecular weight is 276 g/mol. The molecular weight excluding hydrogens is 256 g/mol. The van der Waals surface area contributed by atoms with Crippen molar-refractivity contribution in [2.24, 2.45) is 0 Å². The van der Waals surface area contributed by atoms with Crippen LogP contribution in [0.2, 0.25) is 0 Å². The maximum absolute atomic E-state index is 5.49. The zero-order chi connectivity index (χ0) is 14.2. The van der Waals surface area contributed by atoms with E-state index in [0.29, 0.717) is 25.1 Å². The SMILES string of the molecule is CCc1ccc(Nc2nnc(CNCCOC)o2)cc1. The minimum atomic E-state index is 0.401. The van der Waals surface area contributed by atoms with Crippen LogP contribution in [0.4, 0.5) is 11.7 Å². The summed E-state index contributed by atoms with van der Waals surface area (Å²) in [5.74, 6) is 0.550. The van der Waals surface area contributed by atoms with Gasteiger partial charge in [-0.2, -0.15) is 0 Å². The lowest BCUT2D eigenvalue weighted by Gasteiger charge is -2.02. The van der Waals surface area contributed by atoms with Gasteiger partial charge in [0, 0.05) is 19.3 Å². The quantitative estimate of drug-likeness (QED) is 0.719. The summed E-state index contributed by atoms with van der Waals surface area (Å²) in [6.07, 6.45) is 1.03. The van der Waals surface area contributed by atoms with Gasteiger partial charge in [-0.05, 0) is 24.1 Å². The molecule has 0 spiro atoms. The number of nitrogens with zero attached hydrogens (tertiary/aromatic N) is 2. The average Bonchev–Trinajstić information content (AvgIpc) is 2.92. The van der Waals surface area contributed by atoms with E-state index in [1.165, 1.54) is 5.56 Å². The zero-order valence-corrected chi connectivity index (χ0v) is 11.8. The summed E-state index contributed by atoms with van der Waals surface area (Å²) in [7, 11) is 1.67. The van der Waals surface area contributed by atoms with E-state index in [4.69, 9.17) is 9.15 Å². The van der Waals surface area contributed by atoms with Crippen molar-refractivity contribution in [1.82, 2.24) is 15.5 Å². The van der Waals surface area contributed by atoms with Crippen LogP contribution in [0.5, 0.6) is 0 Å². The Morgan fingerprint density at radius 2 is 2.00 bits per heavy atom. The van der Waals surface area contributed by atoms with E-state index < -0.39 is 0 Å². The molecule has 20 heavy (non-hydrogen) atoms. The van der Waals surface area contributed by atoms with E-state index in [-0.39, 0.29) is 0 Å². The van der Waals surface area contributed by atoms with Crippen LogP contribution in [0, 0.1) is 0 Å². The third-order valence-electron chi connectivity index (χ3n) is 2.84. The summed E-state index contributed by atoms with van der Waals surface area (Å²) in [6, 6.07) is 8.55. The molecule has 6 nitrogen and oxygen atoms in total. The van der Waals surface area contributed by atoms with Gasteiger partial charge in [0.2, 0.25) is 5.89 Å². The van der Waals surface area contributed by atoms with Crippen LogP contribution >= 0.6 is 0 Å². The van der Waals surface area contributed by atoms with E-state index in [2.05, 4.69) is 39.9 Å². The molecule has 0 unspecified atom stereocenters. The van der Waals surface area contributed by atoms with Crippen LogP contribution in [0.3, 0.4) is 0 Å². The van der Waals surface area contributed by atoms with E-state index in [1.54, 1.807) is 7.11 Å². The summed E-state index contributed by atoms with van der Waals surface area (Å²) in [5, 5.41) is 14.1. The number of rotatable bonds is 8. The standard InChI is InChI=1S/C14H20N4O2/c1-3-11-4-6-12(7-5-11)16-14-18-17-13(20-14)10-15-8-9-19-2/h4-7,15H,3,8-10H2,1-2H3,(H,16,18). The van der Waals surface area contributed by atoms with Gasteiger partial charge in [-0.25, -0.2) is 0 Å². The smallest absolute Gasteiger partial charge is 0.320 e. The molecule has 0 aliphatic heterocycles. The van der Waals surface area contributed by atoms with Crippen molar-refractivity contribution < 1.29 is 9.15 Å². The Labute approximate surface area is 118 Å². The number of benzene rings is 1. The number of aryl methyl sites for hydroxylation is 1. The summed E-state index contributed by atoms with van der Waals surface area (Å²) < 4.78 is 10.4. The minimum Gasteiger partial charge on any atom is -0.406 e. The molecule has 1 aromatic heterocycles. The van der Waals surface area contributed by atoms with Crippen LogP contribution in [0.1, 0.15) is 18.4 Å². The van der Waals surface area contributed by atoms with Gasteiger partial charge in [-0.3, -0.25) is 0 Å². The Balaban J connectivity index is 1.85. The maximum Gasteiger partial charge on any atom is 0.320 e. The summed E-state index contributed by atoms with van der Waals surface area (Å²) in [6.45, 7) is 4.07. The Hall–Kier alpha value is -1.92. The molecule has 108 valence electrons. The Bertz CT molecular complexity index is 510. The van der Waals surface area contributed by atoms with Gasteiger partial charge < -0.3 is 19.8 Å².